The Kier molecular flexibility index (Phi) is 5.13. The number of nitrogens with one attached hydrogen (secondary N) is 1. The SMILES string of the molecule is Cc1nc(C(=O)N2C[C@@H]3C[C@@H]3[C@H]2CNC(=O)c2cccc3c2CCO3)c(-c2cccc(F)c2)s1. The Morgan fingerprint density at radius 2 is 2.12 bits per heavy atom. The lowest BCUT2D eigenvalue weighted by molar-refractivity contribution is 0.0690. The van der Waals surface area contributed by atoms with E-state index >= 15 is 0 Å². The fourth-order valence-corrected chi connectivity index (χ4v) is 6.23. The largest absolute Gasteiger partial charge is 0.493 e. The molecular weight excluding hydrogens is 453 g/mol. The number of hydrogen-bond acceptors (Lipinski definition) is 5. The van der Waals surface area contributed by atoms with Crippen molar-refractivity contribution in [1.29, 1.82) is 0 Å². The fraction of sp³-hybridized carbons (Fsp3) is 0.346. The number of carbonyl (C=O) groups excluding carboxylic acids is 2. The Balaban J connectivity index is 1.22. The Morgan fingerprint density at radius 1 is 1.26 bits per heavy atom. The number of ether oxygens (including phenoxy) is 1. The van der Waals surface area contributed by atoms with E-state index in [4.69, 9.17) is 4.74 Å². The van der Waals surface area contributed by atoms with Gasteiger partial charge in [-0.05, 0) is 55.0 Å². The average Bonchev–Trinajstić information content (AvgIpc) is 3.16. The van der Waals surface area contributed by atoms with Crippen molar-refractivity contribution in [2.75, 3.05) is 19.7 Å². The maximum atomic E-state index is 13.9. The van der Waals surface area contributed by atoms with Crippen molar-refractivity contribution in [3.63, 3.8) is 0 Å². The second-order valence-corrected chi connectivity index (χ2v) is 10.4. The Bertz CT molecular complexity index is 1310. The monoisotopic (exact) mass is 477 g/mol. The quantitative estimate of drug-likeness (QED) is 0.601. The topological polar surface area (TPSA) is 71.5 Å². The van der Waals surface area contributed by atoms with Crippen LogP contribution in [0.4, 0.5) is 4.39 Å². The summed E-state index contributed by atoms with van der Waals surface area (Å²) in [5.74, 6) is 1.01. The van der Waals surface area contributed by atoms with Gasteiger partial charge in [0.25, 0.3) is 11.8 Å². The summed E-state index contributed by atoms with van der Waals surface area (Å²) in [5, 5.41) is 3.83. The molecule has 34 heavy (non-hydrogen) atoms. The lowest BCUT2D eigenvalue weighted by Crippen LogP contribution is -2.45. The van der Waals surface area contributed by atoms with Crippen molar-refractivity contribution < 1.29 is 18.7 Å². The minimum Gasteiger partial charge on any atom is -0.493 e. The molecule has 3 heterocycles. The van der Waals surface area contributed by atoms with Crippen LogP contribution in [0, 0.1) is 24.6 Å². The molecule has 0 bridgehead atoms. The number of amides is 2. The van der Waals surface area contributed by atoms with Gasteiger partial charge in [-0.3, -0.25) is 9.59 Å². The van der Waals surface area contributed by atoms with Gasteiger partial charge in [0.2, 0.25) is 0 Å². The van der Waals surface area contributed by atoms with Crippen LogP contribution in [0.15, 0.2) is 42.5 Å². The summed E-state index contributed by atoms with van der Waals surface area (Å²) in [6.45, 7) is 3.51. The first kappa shape index (κ1) is 21.3. The third-order valence-corrected chi connectivity index (χ3v) is 8.07. The van der Waals surface area contributed by atoms with Crippen molar-refractivity contribution >= 4 is 23.2 Å². The minimum absolute atomic E-state index is 0.0724. The normalized spacial score (nSPS) is 22.2. The van der Waals surface area contributed by atoms with Gasteiger partial charge in [0.15, 0.2) is 0 Å². The highest BCUT2D eigenvalue weighted by molar-refractivity contribution is 7.15. The van der Waals surface area contributed by atoms with E-state index in [0.29, 0.717) is 53.2 Å². The fourth-order valence-electron chi connectivity index (χ4n) is 5.33. The summed E-state index contributed by atoms with van der Waals surface area (Å²) in [5.41, 5.74) is 2.61. The van der Waals surface area contributed by atoms with E-state index in [9.17, 15) is 14.0 Å². The molecule has 1 saturated heterocycles. The molecule has 8 heteroatoms. The van der Waals surface area contributed by atoms with Crippen LogP contribution in [0.25, 0.3) is 10.4 Å². The molecule has 0 spiro atoms. The molecule has 0 radical (unpaired) electrons. The van der Waals surface area contributed by atoms with Crippen molar-refractivity contribution in [3.8, 4) is 16.2 Å². The standard InChI is InChI=1S/C26H24FN3O3S/c1-14-29-23(24(34-14)15-4-2-5-17(27)10-15)26(32)30-13-16-11-20(16)21(30)12-28-25(31)19-6-3-7-22-18(19)8-9-33-22/h2-7,10,16,20-21H,8-9,11-13H2,1H3,(H,28,31)/t16-,20-,21+/m0/s1. The molecule has 2 amide bonds. The zero-order valence-electron chi connectivity index (χ0n) is 18.7. The van der Waals surface area contributed by atoms with Crippen molar-refractivity contribution in [1.82, 2.24) is 15.2 Å². The molecule has 3 atom stereocenters. The van der Waals surface area contributed by atoms with Gasteiger partial charge in [-0.15, -0.1) is 11.3 Å². The number of thiazole rings is 1. The number of piperidine rings is 1. The van der Waals surface area contributed by atoms with Crippen LogP contribution in [0.5, 0.6) is 5.75 Å². The number of aryl methyl sites for hydroxylation is 1. The molecule has 1 aliphatic carbocycles. The molecule has 3 aliphatic rings. The highest BCUT2D eigenvalue weighted by atomic mass is 32.1. The van der Waals surface area contributed by atoms with E-state index in [-0.39, 0.29) is 23.7 Å². The van der Waals surface area contributed by atoms with Crippen LogP contribution in [-0.2, 0) is 6.42 Å². The first-order valence-corrected chi connectivity index (χ1v) is 12.4. The molecule has 174 valence electrons. The van der Waals surface area contributed by atoms with Crippen molar-refractivity contribution in [2.45, 2.75) is 25.8 Å². The summed E-state index contributed by atoms with van der Waals surface area (Å²) in [7, 11) is 0. The van der Waals surface area contributed by atoms with Gasteiger partial charge in [-0.1, -0.05) is 18.2 Å². The highest BCUT2D eigenvalue weighted by Crippen LogP contribution is 2.50. The van der Waals surface area contributed by atoms with E-state index in [1.165, 1.54) is 23.5 Å². The Hall–Kier alpha value is -3.26. The zero-order chi connectivity index (χ0) is 23.4. The molecule has 0 unspecified atom stereocenters. The Labute approximate surface area is 200 Å². The van der Waals surface area contributed by atoms with E-state index in [1.807, 2.05) is 30.0 Å². The molecule has 6 nitrogen and oxygen atoms in total. The molecule has 6 rings (SSSR count). The first-order valence-electron chi connectivity index (χ1n) is 11.6. The maximum absolute atomic E-state index is 13.9. The van der Waals surface area contributed by atoms with Gasteiger partial charge in [-0.2, -0.15) is 0 Å². The van der Waals surface area contributed by atoms with E-state index < -0.39 is 0 Å². The summed E-state index contributed by atoms with van der Waals surface area (Å²) >= 11 is 1.40. The van der Waals surface area contributed by atoms with Crippen LogP contribution in [0.1, 0.15) is 37.8 Å². The molecule has 2 aromatic carbocycles. The van der Waals surface area contributed by atoms with Crippen molar-refractivity contribution in [2.24, 2.45) is 11.8 Å². The number of aromatic nitrogens is 1. The smallest absolute Gasteiger partial charge is 0.274 e. The lowest BCUT2D eigenvalue weighted by atomic mass is 10.0. The number of rotatable bonds is 5. The summed E-state index contributed by atoms with van der Waals surface area (Å²) in [4.78, 5) is 33.7. The van der Waals surface area contributed by atoms with Crippen LogP contribution >= 0.6 is 11.3 Å². The van der Waals surface area contributed by atoms with Crippen LogP contribution < -0.4 is 10.1 Å². The van der Waals surface area contributed by atoms with Gasteiger partial charge >= 0.3 is 0 Å². The molecule has 1 saturated carbocycles. The number of carbonyl (C=O) groups is 2. The average molecular weight is 478 g/mol. The molecule has 1 N–H and O–H groups in total. The van der Waals surface area contributed by atoms with Crippen molar-refractivity contribution in [3.05, 3.63) is 70.1 Å². The third-order valence-electron chi connectivity index (χ3n) is 7.05. The minimum atomic E-state index is -0.345. The summed E-state index contributed by atoms with van der Waals surface area (Å²) in [6.07, 6.45) is 1.80. The molecule has 2 fully saturated rings. The second kappa shape index (κ2) is 8.20. The predicted octanol–water partition coefficient (Wildman–Crippen LogP) is 4.08. The van der Waals surface area contributed by atoms with E-state index in [0.717, 1.165) is 29.2 Å². The summed E-state index contributed by atoms with van der Waals surface area (Å²) < 4.78 is 19.4. The van der Waals surface area contributed by atoms with Gasteiger partial charge < -0.3 is 15.0 Å². The van der Waals surface area contributed by atoms with Gasteiger partial charge in [0.1, 0.15) is 17.3 Å². The maximum Gasteiger partial charge on any atom is 0.274 e. The van der Waals surface area contributed by atoms with E-state index in [1.54, 1.807) is 12.1 Å². The van der Waals surface area contributed by atoms with Gasteiger partial charge in [0.05, 0.1) is 22.5 Å². The second-order valence-electron chi connectivity index (χ2n) is 9.20. The van der Waals surface area contributed by atoms with Crippen LogP contribution in [0.2, 0.25) is 0 Å². The molecule has 3 aromatic rings. The van der Waals surface area contributed by atoms with Crippen LogP contribution in [-0.4, -0.2) is 47.4 Å². The Morgan fingerprint density at radius 3 is 2.97 bits per heavy atom. The lowest BCUT2D eigenvalue weighted by Gasteiger charge is -2.27. The number of nitrogens with zero attached hydrogens (tertiary/aromatic N) is 2. The predicted molar refractivity (Wildman–Crippen MR) is 127 cm³/mol. The summed E-state index contributed by atoms with van der Waals surface area (Å²) in [6, 6.07) is 11.7. The molecule has 2 aliphatic heterocycles. The molecular formula is C26H24FN3O3S. The zero-order valence-corrected chi connectivity index (χ0v) is 19.5. The number of likely N-dealkylation sites (tertiary alicyclic amines) is 1. The van der Waals surface area contributed by atoms with Gasteiger partial charge in [0, 0.05) is 30.6 Å². The van der Waals surface area contributed by atoms with Gasteiger partial charge in [-0.25, -0.2) is 9.37 Å². The van der Waals surface area contributed by atoms with E-state index in [2.05, 4.69) is 10.3 Å². The first-order chi connectivity index (χ1) is 16.5. The third kappa shape index (κ3) is 3.66. The van der Waals surface area contributed by atoms with Crippen LogP contribution in [0.3, 0.4) is 0 Å². The number of halogens is 1. The number of hydrogen-bond donors (Lipinski definition) is 1. The number of fused-ring (bicyclic) bond motifs is 2. The number of benzene rings is 2. The highest BCUT2D eigenvalue weighted by Gasteiger charge is 2.54. The molecule has 1 aromatic heterocycles.